The topological polar surface area (TPSA) is 101 Å². The third-order valence-electron chi connectivity index (χ3n) is 5.22. The number of halogens is 4. The summed E-state index contributed by atoms with van der Waals surface area (Å²) in [5, 5.41) is 18.2. The molecule has 0 amide bonds. The van der Waals surface area contributed by atoms with Gasteiger partial charge in [0.25, 0.3) is 0 Å². The largest absolute Gasteiger partial charge is 0.491 e. The number of nitrogens with two attached hydrogens (primary N) is 1. The van der Waals surface area contributed by atoms with Crippen LogP contribution < -0.4 is 15.9 Å². The van der Waals surface area contributed by atoms with Crippen LogP contribution in [0.25, 0.3) is 0 Å². The number of aromatic nitrogens is 1. The van der Waals surface area contributed by atoms with Crippen LogP contribution in [0.4, 0.5) is 13.2 Å². The minimum atomic E-state index is -4.51. The van der Waals surface area contributed by atoms with Gasteiger partial charge in [-0.2, -0.15) is 13.2 Å². The first kappa shape index (κ1) is 24.6. The maximum atomic E-state index is 13.0. The lowest BCUT2D eigenvalue weighted by Gasteiger charge is -2.29. The molecule has 0 bridgehead atoms. The van der Waals surface area contributed by atoms with Gasteiger partial charge in [-0.05, 0) is 46.9 Å². The number of nitrogens with one attached hydrogen (secondary N) is 1. The van der Waals surface area contributed by atoms with Crippen molar-refractivity contribution in [3.05, 3.63) is 88.7 Å². The Balaban J connectivity index is 0.00000306. The standard InChI is InChI=1S/C22H19BF3N3O3.ClH/c24-22(25,26)16-5-3-14-8-19(32-23(30)18(14)10-16)15-4-6-17(21(27)28)20(9-15)31-12-13-2-1-7-29-11-13;/h1-7,9-11,19,30H,8,12H2,(H3,27,28);1H/t19-;/m0./s1. The molecule has 2 aromatic carbocycles. The molecule has 0 saturated heterocycles. The number of rotatable bonds is 5. The second-order valence-electron chi connectivity index (χ2n) is 7.41. The Bertz CT molecular complexity index is 1150. The highest BCUT2D eigenvalue weighted by molar-refractivity contribution is 6.61. The maximum absolute atomic E-state index is 13.0. The highest BCUT2D eigenvalue weighted by Gasteiger charge is 2.36. The van der Waals surface area contributed by atoms with Crippen LogP contribution in [0.15, 0.2) is 60.9 Å². The zero-order chi connectivity index (χ0) is 22.9. The number of alkyl halides is 3. The van der Waals surface area contributed by atoms with E-state index in [1.165, 1.54) is 6.07 Å². The van der Waals surface area contributed by atoms with E-state index in [9.17, 15) is 18.2 Å². The van der Waals surface area contributed by atoms with Crippen molar-refractivity contribution in [3.63, 3.8) is 0 Å². The Morgan fingerprint density at radius 1 is 1.24 bits per heavy atom. The van der Waals surface area contributed by atoms with Gasteiger partial charge in [0.1, 0.15) is 18.2 Å². The summed E-state index contributed by atoms with van der Waals surface area (Å²) < 4.78 is 50.5. The highest BCUT2D eigenvalue weighted by Crippen LogP contribution is 2.33. The fraction of sp³-hybridized carbons (Fsp3) is 0.182. The first-order chi connectivity index (χ1) is 15.2. The minimum Gasteiger partial charge on any atom is -0.488 e. The molecule has 0 unspecified atom stereocenters. The second-order valence-corrected chi connectivity index (χ2v) is 7.41. The average molecular weight is 478 g/mol. The Labute approximate surface area is 194 Å². The molecule has 2 heterocycles. The van der Waals surface area contributed by atoms with Gasteiger partial charge in [0.05, 0.1) is 17.2 Å². The molecule has 3 aromatic rings. The molecule has 11 heteroatoms. The van der Waals surface area contributed by atoms with Crippen molar-refractivity contribution >= 4 is 30.8 Å². The fourth-order valence-electron chi connectivity index (χ4n) is 3.59. The molecule has 1 aliphatic heterocycles. The van der Waals surface area contributed by atoms with Crippen molar-refractivity contribution in [3.8, 4) is 5.75 Å². The van der Waals surface area contributed by atoms with Crippen LogP contribution in [0.1, 0.15) is 33.9 Å². The van der Waals surface area contributed by atoms with E-state index < -0.39 is 25.0 Å². The molecule has 33 heavy (non-hydrogen) atoms. The van der Waals surface area contributed by atoms with Gasteiger partial charge in [-0.25, -0.2) is 0 Å². The monoisotopic (exact) mass is 477 g/mol. The molecule has 0 aliphatic carbocycles. The van der Waals surface area contributed by atoms with Gasteiger partial charge < -0.3 is 20.1 Å². The van der Waals surface area contributed by atoms with Gasteiger partial charge >= 0.3 is 13.3 Å². The highest BCUT2D eigenvalue weighted by atomic mass is 35.5. The summed E-state index contributed by atoms with van der Waals surface area (Å²) in [6.45, 7) is 0.203. The Kier molecular flexibility index (Phi) is 7.31. The Morgan fingerprint density at radius 2 is 2.03 bits per heavy atom. The van der Waals surface area contributed by atoms with Gasteiger partial charge in [0.2, 0.25) is 0 Å². The number of benzene rings is 2. The third kappa shape index (κ3) is 5.47. The molecule has 1 aromatic heterocycles. The van der Waals surface area contributed by atoms with Crippen molar-refractivity contribution in [2.75, 3.05) is 0 Å². The number of fused-ring (bicyclic) bond motifs is 1. The lowest BCUT2D eigenvalue weighted by molar-refractivity contribution is -0.137. The summed E-state index contributed by atoms with van der Waals surface area (Å²) in [5.74, 6) is 0.183. The molecule has 0 radical (unpaired) electrons. The summed E-state index contributed by atoms with van der Waals surface area (Å²) >= 11 is 0. The molecule has 4 N–H and O–H groups in total. The first-order valence-corrected chi connectivity index (χ1v) is 9.76. The normalized spacial score (nSPS) is 15.4. The molecular weight excluding hydrogens is 458 g/mol. The zero-order valence-corrected chi connectivity index (χ0v) is 18.0. The number of nitrogen functional groups attached to an aromatic ring is 1. The predicted molar refractivity (Wildman–Crippen MR) is 120 cm³/mol. The SMILES string of the molecule is Cl.N=C(N)c1ccc([C@@H]2Cc3ccc(C(F)(F)F)cc3B(O)O2)cc1OCc1cccnc1. The molecule has 1 aliphatic rings. The van der Waals surface area contributed by atoms with Crippen LogP contribution in [-0.2, 0) is 23.9 Å². The third-order valence-corrected chi connectivity index (χ3v) is 5.22. The van der Waals surface area contributed by atoms with Crippen molar-refractivity contribution in [2.24, 2.45) is 5.73 Å². The molecule has 0 saturated carbocycles. The predicted octanol–water partition coefficient (Wildman–Crippen LogP) is 3.39. The van der Waals surface area contributed by atoms with Gasteiger partial charge in [0, 0.05) is 24.4 Å². The van der Waals surface area contributed by atoms with E-state index in [-0.39, 0.29) is 36.7 Å². The number of pyridine rings is 1. The van der Waals surface area contributed by atoms with Crippen molar-refractivity contribution < 1.29 is 27.6 Å². The van der Waals surface area contributed by atoms with E-state index in [2.05, 4.69) is 4.98 Å². The van der Waals surface area contributed by atoms with Crippen molar-refractivity contribution in [1.29, 1.82) is 5.41 Å². The number of hydrogen-bond donors (Lipinski definition) is 3. The number of ether oxygens (including phenoxy) is 1. The fourth-order valence-corrected chi connectivity index (χ4v) is 3.59. The smallest absolute Gasteiger partial charge is 0.488 e. The lowest BCUT2D eigenvalue weighted by atomic mass is 9.71. The molecular formula is C22H20BClF3N3O3. The van der Waals surface area contributed by atoms with Crippen LogP contribution in [0, 0.1) is 5.41 Å². The molecule has 1 atom stereocenters. The number of hydrogen-bond acceptors (Lipinski definition) is 5. The lowest BCUT2D eigenvalue weighted by Crippen LogP contribution is -2.43. The van der Waals surface area contributed by atoms with E-state index in [0.29, 0.717) is 22.4 Å². The van der Waals surface area contributed by atoms with Gasteiger partial charge in [-0.1, -0.05) is 18.2 Å². The summed E-state index contributed by atoms with van der Waals surface area (Å²) in [7, 11) is -1.50. The molecule has 4 rings (SSSR count). The van der Waals surface area contributed by atoms with E-state index in [0.717, 1.165) is 17.7 Å². The molecule has 172 valence electrons. The quantitative estimate of drug-likeness (QED) is 0.297. The molecule has 6 nitrogen and oxygen atoms in total. The van der Waals surface area contributed by atoms with Crippen LogP contribution >= 0.6 is 12.4 Å². The van der Waals surface area contributed by atoms with E-state index in [1.807, 2.05) is 6.07 Å². The second kappa shape index (κ2) is 9.82. The number of nitrogens with zero attached hydrogens (tertiary/aromatic N) is 1. The first-order valence-electron chi connectivity index (χ1n) is 9.76. The Morgan fingerprint density at radius 3 is 2.70 bits per heavy atom. The molecule has 0 fully saturated rings. The van der Waals surface area contributed by atoms with Crippen molar-refractivity contribution in [2.45, 2.75) is 25.3 Å². The summed E-state index contributed by atoms with van der Waals surface area (Å²) in [6.07, 6.45) is -1.55. The van der Waals surface area contributed by atoms with E-state index >= 15 is 0 Å². The van der Waals surface area contributed by atoms with Crippen molar-refractivity contribution in [1.82, 2.24) is 4.98 Å². The van der Waals surface area contributed by atoms with Gasteiger partial charge in [0.15, 0.2) is 0 Å². The number of amidine groups is 1. The van der Waals surface area contributed by atoms with Gasteiger partial charge in [-0.15, -0.1) is 12.4 Å². The Hall–Kier alpha value is -3.08. The van der Waals surface area contributed by atoms with Crippen LogP contribution in [0.3, 0.4) is 0 Å². The van der Waals surface area contributed by atoms with Crippen LogP contribution in [0.5, 0.6) is 5.75 Å². The maximum Gasteiger partial charge on any atom is 0.491 e. The summed E-state index contributed by atoms with van der Waals surface area (Å²) in [6, 6.07) is 11.9. The summed E-state index contributed by atoms with van der Waals surface area (Å²) in [4.78, 5) is 4.03. The van der Waals surface area contributed by atoms with Crippen LogP contribution in [0.2, 0.25) is 0 Å². The zero-order valence-electron chi connectivity index (χ0n) is 17.2. The average Bonchev–Trinajstić information content (AvgIpc) is 2.77. The molecule has 0 spiro atoms. The summed E-state index contributed by atoms with van der Waals surface area (Å²) in [5.41, 5.74) is 7.36. The minimum absolute atomic E-state index is 0. The van der Waals surface area contributed by atoms with Crippen LogP contribution in [-0.4, -0.2) is 23.0 Å². The van der Waals surface area contributed by atoms with Gasteiger partial charge in [-0.3, -0.25) is 10.4 Å². The van der Waals surface area contributed by atoms with E-state index in [4.69, 9.17) is 20.5 Å². The van der Waals surface area contributed by atoms with E-state index in [1.54, 1.807) is 36.7 Å².